The Labute approximate surface area is 395 Å². The first-order valence-electron chi connectivity index (χ1n) is 19.6. The van der Waals surface area contributed by atoms with Gasteiger partial charge in [0.05, 0.1) is 61.3 Å². The average Bonchev–Trinajstić information content (AvgIpc) is 4.04. The van der Waals surface area contributed by atoms with Crippen LogP contribution in [0.3, 0.4) is 0 Å². The summed E-state index contributed by atoms with van der Waals surface area (Å²) in [4.78, 5) is 58.8. The molecule has 6 aromatic rings. The summed E-state index contributed by atoms with van der Waals surface area (Å²) in [5.74, 6) is 5.71. The molecule has 0 saturated carbocycles. The Morgan fingerprint density at radius 3 is 1.64 bits per heavy atom. The van der Waals surface area contributed by atoms with E-state index >= 15 is 0 Å². The van der Waals surface area contributed by atoms with E-state index in [2.05, 4.69) is 66.0 Å². The fraction of sp³-hybridized carbons (Fsp3) is 0.292. The summed E-state index contributed by atoms with van der Waals surface area (Å²) in [5.41, 5.74) is 1.29. The van der Waals surface area contributed by atoms with E-state index < -0.39 is 29.0 Å². The molecule has 2 fully saturated rings. The first kappa shape index (κ1) is 51.7. The van der Waals surface area contributed by atoms with E-state index in [9.17, 15) is 34.7 Å². The number of methoxy groups -OCH3 is 2. The van der Waals surface area contributed by atoms with Crippen LogP contribution in [0.1, 0.15) is 65.4 Å². The van der Waals surface area contributed by atoms with Crippen LogP contribution in [0.4, 0.5) is 0 Å². The Hall–Kier alpha value is -7.94. The van der Waals surface area contributed by atoms with E-state index in [1.165, 1.54) is 28.7 Å². The minimum absolute atomic E-state index is 0. The van der Waals surface area contributed by atoms with Crippen molar-refractivity contribution >= 4 is 61.7 Å². The number of carbonyl (C=O) groups is 4. The molecule has 2 amide bonds. The zero-order valence-electron chi connectivity index (χ0n) is 35.4. The minimum Gasteiger partial charge on any atom is -0.464 e. The summed E-state index contributed by atoms with van der Waals surface area (Å²) in [6.45, 7) is 0.963. The highest BCUT2D eigenvalue weighted by molar-refractivity contribution is 9.10. The van der Waals surface area contributed by atoms with Crippen LogP contribution in [0.2, 0.25) is 0 Å². The van der Waals surface area contributed by atoms with Gasteiger partial charge in [0.15, 0.2) is 22.7 Å². The van der Waals surface area contributed by atoms with Gasteiger partial charge in [0.1, 0.15) is 0 Å². The number of ether oxygens (including phenoxy) is 2. The van der Waals surface area contributed by atoms with Gasteiger partial charge in [-0.25, -0.2) is 28.9 Å². The number of aromatic nitrogens is 6. The van der Waals surface area contributed by atoms with Crippen molar-refractivity contribution in [3.05, 3.63) is 106 Å². The van der Waals surface area contributed by atoms with Gasteiger partial charge in [-0.15, -0.1) is 6.42 Å². The number of benzene rings is 2. The maximum Gasteiger partial charge on any atom is 0.359 e. The number of nitrogens with zero attached hydrogens (tertiary/aromatic N) is 10. The van der Waals surface area contributed by atoms with Gasteiger partial charge in [-0.05, 0) is 71.8 Å². The summed E-state index contributed by atoms with van der Waals surface area (Å²) in [6, 6.07) is 21.9. The number of rotatable bonds is 6. The molecule has 2 N–H and O–H groups in total. The second-order valence-electron chi connectivity index (χ2n) is 14.7. The lowest BCUT2D eigenvalue weighted by molar-refractivity contribution is -0.138. The molecule has 2 atom stereocenters. The van der Waals surface area contributed by atoms with Crippen LogP contribution in [-0.4, -0.2) is 126 Å². The number of fused-ring (bicyclic) bond motifs is 2. The van der Waals surface area contributed by atoms with Crippen LogP contribution < -0.4 is 0 Å². The molecule has 67 heavy (non-hydrogen) atoms. The first-order chi connectivity index (χ1) is 31.1. The maximum atomic E-state index is 12.2. The standard InChI is InChI=1S/C23H19N5O4.C16H11BrN4O2.C7H9NO2.2CH4/c1-27-11-8-23(31,22(27)30)7-5-15-12-16(6-9-24)14-17(13-15)28-20-18(4-3-10-25-20)19(26-28)21(29)32-2;1-23-16(22)14-13-3-2-6-19-15(13)21(20-14)12-8-10(4-5-18)7-11(17)9-12;1-3-7(10)4-5-8(2)6(7)9;;/h3-4,10,12-14,31H,6,8,11H2,1-2H3;2-3,6-9H,4H2,1H3;1,10H,4-5H2,2H3;2*1H4/t23-;;7-;;/m0.0../s1. The number of amides is 2. The molecule has 19 heteroatoms. The summed E-state index contributed by atoms with van der Waals surface area (Å²) in [5, 5.41) is 47.8. The van der Waals surface area contributed by atoms with Crippen molar-refractivity contribution < 1.29 is 38.9 Å². The van der Waals surface area contributed by atoms with Crippen LogP contribution in [0, 0.1) is 46.8 Å². The Morgan fingerprint density at radius 1 is 0.761 bits per heavy atom. The number of carbonyl (C=O) groups excluding carboxylic acids is 4. The van der Waals surface area contributed by atoms with Crippen molar-refractivity contribution in [3.63, 3.8) is 0 Å². The number of nitriles is 2. The van der Waals surface area contributed by atoms with Crippen LogP contribution >= 0.6 is 15.9 Å². The second-order valence-corrected chi connectivity index (χ2v) is 15.6. The van der Waals surface area contributed by atoms with Gasteiger partial charge >= 0.3 is 11.9 Å². The molecule has 2 saturated heterocycles. The third-order valence-corrected chi connectivity index (χ3v) is 10.7. The zero-order chi connectivity index (χ0) is 47.1. The number of pyridine rings is 2. The molecule has 0 radical (unpaired) electrons. The van der Waals surface area contributed by atoms with Crippen molar-refractivity contribution in [3.8, 4) is 47.7 Å². The molecule has 0 aliphatic carbocycles. The topological polar surface area (TPSA) is 243 Å². The Bertz CT molecular complexity index is 3060. The molecular formula is C48H47BrN10O8. The number of hydrogen-bond acceptors (Lipinski definition) is 14. The van der Waals surface area contributed by atoms with Crippen molar-refractivity contribution in [1.29, 1.82) is 10.5 Å². The Morgan fingerprint density at radius 2 is 1.22 bits per heavy atom. The lowest BCUT2D eigenvalue weighted by atomic mass is 10.0. The van der Waals surface area contributed by atoms with Crippen molar-refractivity contribution in [2.24, 2.45) is 0 Å². The lowest BCUT2D eigenvalue weighted by Crippen LogP contribution is -2.37. The molecule has 0 spiro atoms. The summed E-state index contributed by atoms with van der Waals surface area (Å²) >= 11 is 3.43. The van der Waals surface area contributed by atoms with Crippen LogP contribution in [0.25, 0.3) is 33.4 Å². The van der Waals surface area contributed by atoms with Gasteiger partial charge in [-0.3, -0.25) is 9.59 Å². The largest absolute Gasteiger partial charge is 0.464 e. The van der Waals surface area contributed by atoms with Gasteiger partial charge < -0.3 is 29.5 Å². The molecule has 2 aromatic carbocycles. The van der Waals surface area contributed by atoms with E-state index in [0.29, 0.717) is 64.1 Å². The van der Waals surface area contributed by atoms with Crippen molar-refractivity contribution in [2.45, 2.75) is 51.7 Å². The average molecular weight is 972 g/mol. The van der Waals surface area contributed by atoms with Crippen LogP contribution in [-0.2, 0) is 31.9 Å². The molecule has 2 aliphatic rings. The molecule has 6 heterocycles. The molecule has 8 rings (SSSR count). The quantitative estimate of drug-likeness (QED) is 0.169. The maximum absolute atomic E-state index is 12.2. The molecule has 0 bridgehead atoms. The molecule has 2 aliphatic heterocycles. The third-order valence-electron chi connectivity index (χ3n) is 10.3. The SMILES string of the molecule is C.C.C#C[C@]1(O)CCN(C)C1=O.COC(=O)c1nn(-c2cc(Br)cc(CC#N)c2)c2ncccc12.COC(=O)c1nn(-c2cc(C#C[C@]3(O)CCN(C)C3=O)cc(CC#N)c2)c2ncccc12. The Balaban J connectivity index is 0.000000244. The predicted molar refractivity (Wildman–Crippen MR) is 250 cm³/mol. The number of esters is 2. The molecule has 344 valence electrons. The van der Waals surface area contributed by atoms with E-state index in [1.807, 2.05) is 18.2 Å². The highest BCUT2D eigenvalue weighted by Crippen LogP contribution is 2.27. The number of hydrogen-bond donors (Lipinski definition) is 2. The molecule has 4 aromatic heterocycles. The highest BCUT2D eigenvalue weighted by atomic mass is 79.9. The van der Waals surface area contributed by atoms with Crippen molar-refractivity contribution in [2.75, 3.05) is 41.4 Å². The minimum atomic E-state index is -1.74. The monoisotopic (exact) mass is 970 g/mol. The normalized spacial score (nSPS) is 16.9. The number of likely N-dealkylation sites (N-methyl/N-ethyl adjacent to an activating group) is 2. The number of likely N-dealkylation sites (tertiary alicyclic amines) is 2. The number of aliphatic hydroxyl groups is 2. The van der Waals surface area contributed by atoms with Gasteiger partial charge in [0.2, 0.25) is 11.2 Å². The van der Waals surface area contributed by atoms with Gasteiger partial charge in [-0.1, -0.05) is 48.5 Å². The van der Waals surface area contributed by atoms with Crippen LogP contribution in [0.15, 0.2) is 77.5 Å². The second kappa shape index (κ2) is 21.8. The highest BCUT2D eigenvalue weighted by Gasteiger charge is 2.43. The van der Waals surface area contributed by atoms with Gasteiger partial charge in [-0.2, -0.15) is 20.7 Å². The first-order valence-corrected chi connectivity index (χ1v) is 20.4. The fourth-order valence-corrected chi connectivity index (χ4v) is 7.43. The molecular weight excluding hydrogens is 924 g/mol. The van der Waals surface area contributed by atoms with Gasteiger partial charge in [0.25, 0.3) is 11.8 Å². The molecule has 18 nitrogen and oxygen atoms in total. The van der Waals surface area contributed by atoms with E-state index in [1.54, 1.807) is 73.6 Å². The summed E-state index contributed by atoms with van der Waals surface area (Å²) < 4.78 is 13.5. The molecule has 0 unspecified atom stereocenters. The summed E-state index contributed by atoms with van der Waals surface area (Å²) in [6.07, 6.45) is 9.15. The number of terminal acetylenes is 1. The van der Waals surface area contributed by atoms with Crippen molar-refractivity contribution in [1.82, 2.24) is 39.3 Å². The zero-order valence-corrected chi connectivity index (χ0v) is 37.0. The predicted octanol–water partition coefficient (Wildman–Crippen LogP) is 4.74. The van der Waals surface area contributed by atoms with E-state index in [0.717, 1.165) is 10.0 Å². The Kier molecular flexibility index (Phi) is 16.8. The lowest BCUT2D eigenvalue weighted by Gasteiger charge is -2.13. The van der Waals surface area contributed by atoms with Crippen LogP contribution in [0.5, 0.6) is 0 Å². The fourth-order valence-electron chi connectivity index (χ4n) is 6.90. The van der Waals surface area contributed by atoms with E-state index in [-0.39, 0.29) is 51.4 Å². The smallest absolute Gasteiger partial charge is 0.359 e. The third kappa shape index (κ3) is 11.0. The van der Waals surface area contributed by atoms with E-state index in [4.69, 9.17) is 21.2 Å². The summed E-state index contributed by atoms with van der Waals surface area (Å²) in [7, 11) is 5.82. The number of halogens is 1. The van der Waals surface area contributed by atoms with Gasteiger partial charge in [0, 0.05) is 62.5 Å².